The first-order chi connectivity index (χ1) is 9.56. The van der Waals surface area contributed by atoms with Gasteiger partial charge in [-0.1, -0.05) is 0 Å². The number of carbonyl (C=O) groups is 1. The first kappa shape index (κ1) is 14.2. The summed E-state index contributed by atoms with van der Waals surface area (Å²) in [6, 6.07) is 6.09. The summed E-state index contributed by atoms with van der Waals surface area (Å²) < 4.78 is 15.5. The van der Waals surface area contributed by atoms with E-state index in [0.717, 1.165) is 0 Å². The molecule has 0 saturated carbocycles. The lowest BCUT2D eigenvalue weighted by Gasteiger charge is -2.14. The summed E-state index contributed by atoms with van der Waals surface area (Å²) in [6.45, 7) is 3.00. The highest BCUT2D eigenvalue weighted by atomic mass is 19.1. The molecular weight excluding hydrogens is 259 g/mol. The van der Waals surface area contributed by atoms with Gasteiger partial charge in [0.05, 0.1) is 6.54 Å². The van der Waals surface area contributed by atoms with Crippen molar-refractivity contribution in [3.63, 3.8) is 0 Å². The van der Waals surface area contributed by atoms with E-state index in [0.29, 0.717) is 24.2 Å². The second-order valence-electron chi connectivity index (χ2n) is 4.68. The zero-order chi connectivity index (χ0) is 14.5. The Kier molecular flexibility index (Phi) is 4.47. The zero-order valence-electron chi connectivity index (χ0n) is 11.2. The van der Waals surface area contributed by atoms with E-state index in [1.165, 1.54) is 18.2 Å². The average molecular weight is 276 g/mol. The van der Waals surface area contributed by atoms with Crippen molar-refractivity contribution in [1.29, 1.82) is 0 Å². The van der Waals surface area contributed by atoms with Gasteiger partial charge in [0, 0.05) is 36.1 Å². The summed E-state index contributed by atoms with van der Waals surface area (Å²) in [5.74, 6) is -0.912. The molecule has 3 N–H and O–H groups in total. The third kappa shape index (κ3) is 3.64. The lowest BCUT2D eigenvalue weighted by Crippen LogP contribution is -2.30. The number of nitrogens with two attached hydrogens (primary N) is 1. The van der Waals surface area contributed by atoms with Gasteiger partial charge in [0.15, 0.2) is 0 Å². The number of amides is 1. The maximum atomic E-state index is 13.7. The highest BCUT2D eigenvalue weighted by molar-refractivity contribution is 5.92. The molecule has 0 bridgehead atoms. The number of nitrogens with zero attached hydrogens (tertiary/aromatic N) is 2. The highest BCUT2D eigenvalue weighted by Crippen LogP contribution is 2.10. The molecule has 1 aromatic heterocycles. The molecule has 0 radical (unpaired) electrons. The van der Waals surface area contributed by atoms with Crippen molar-refractivity contribution >= 4 is 5.91 Å². The fraction of sp³-hybridized carbons (Fsp3) is 0.286. The first-order valence-corrected chi connectivity index (χ1v) is 6.35. The van der Waals surface area contributed by atoms with E-state index in [2.05, 4.69) is 10.4 Å². The molecule has 0 saturated heterocycles. The Morgan fingerprint density at radius 2 is 2.35 bits per heavy atom. The van der Waals surface area contributed by atoms with Gasteiger partial charge >= 0.3 is 0 Å². The summed E-state index contributed by atoms with van der Waals surface area (Å²) in [5, 5.41) is 7.30. The van der Waals surface area contributed by atoms with E-state index in [-0.39, 0.29) is 11.9 Å². The van der Waals surface area contributed by atoms with Gasteiger partial charge < -0.3 is 11.1 Å². The predicted molar refractivity (Wildman–Crippen MR) is 73.4 cm³/mol. The van der Waals surface area contributed by atoms with E-state index in [1.807, 2.05) is 19.2 Å². The largest absolute Gasteiger partial charge is 0.366 e. The zero-order valence-corrected chi connectivity index (χ0v) is 11.2. The smallest absolute Gasteiger partial charge is 0.248 e. The Bertz CT molecular complexity index is 583. The maximum Gasteiger partial charge on any atom is 0.248 e. The van der Waals surface area contributed by atoms with E-state index in [1.54, 1.807) is 10.9 Å². The van der Waals surface area contributed by atoms with Gasteiger partial charge in [0.25, 0.3) is 0 Å². The van der Waals surface area contributed by atoms with Gasteiger partial charge in [-0.05, 0) is 31.2 Å². The average Bonchev–Trinajstić information content (AvgIpc) is 2.90. The van der Waals surface area contributed by atoms with Crippen LogP contribution in [0.5, 0.6) is 0 Å². The van der Waals surface area contributed by atoms with Crippen molar-refractivity contribution in [1.82, 2.24) is 15.1 Å². The Labute approximate surface area is 116 Å². The van der Waals surface area contributed by atoms with Gasteiger partial charge in [0.1, 0.15) is 5.82 Å². The maximum absolute atomic E-state index is 13.7. The fourth-order valence-corrected chi connectivity index (χ4v) is 1.90. The van der Waals surface area contributed by atoms with Crippen LogP contribution >= 0.6 is 0 Å². The summed E-state index contributed by atoms with van der Waals surface area (Å²) in [7, 11) is 0. The van der Waals surface area contributed by atoms with Crippen LogP contribution < -0.4 is 11.1 Å². The normalized spacial score (nSPS) is 12.3. The van der Waals surface area contributed by atoms with Gasteiger partial charge in [-0.2, -0.15) is 5.10 Å². The van der Waals surface area contributed by atoms with Gasteiger partial charge in [-0.25, -0.2) is 4.39 Å². The van der Waals surface area contributed by atoms with Crippen LogP contribution in [0.4, 0.5) is 4.39 Å². The Hall–Kier alpha value is -2.21. The SMILES string of the molecule is CC(Cn1cccn1)NCc1cc(C(N)=O)ccc1F. The molecule has 0 aliphatic heterocycles. The van der Waals surface area contributed by atoms with Crippen molar-refractivity contribution in [2.45, 2.75) is 26.1 Å². The summed E-state index contributed by atoms with van der Waals surface area (Å²) >= 11 is 0. The van der Waals surface area contributed by atoms with Gasteiger partial charge in [-0.3, -0.25) is 9.48 Å². The Morgan fingerprint density at radius 3 is 3.00 bits per heavy atom. The van der Waals surface area contributed by atoms with Crippen molar-refractivity contribution in [3.8, 4) is 0 Å². The molecule has 1 amide bonds. The molecule has 0 fully saturated rings. The first-order valence-electron chi connectivity index (χ1n) is 6.35. The third-order valence-corrected chi connectivity index (χ3v) is 2.99. The van der Waals surface area contributed by atoms with Crippen molar-refractivity contribution in [2.24, 2.45) is 5.73 Å². The van der Waals surface area contributed by atoms with Crippen LogP contribution in [0.15, 0.2) is 36.7 Å². The number of halogens is 1. The molecule has 20 heavy (non-hydrogen) atoms. The lowest BCUT2D eigenvalue weighted by molar-refractivity contribution is 0.1000. The summed E-state index contributed by atoms with van der Waals surface area (Å²) in [4.78, 5) is 11.1. The summed E-state index contributed by atoms with van der Waals surface area (Å²) in [5.41, 5.74) is 5.92. The second kappa shape index (κ2) is 6.29. The summed E-state index contributed by atoms with van der Waals surface area (Å²) in [6.07, 6.45) is 3.58. The number of hydrogen-bond donors (Lipinski definition) is 2. The Balaban J connectivity index is 1.96. The van der Waals surface area contributed by atoms with E-state index in [9.17, 15) is 9.18 Å². The lowest BCUT2D eigenvalue weighted by atomic mass is 10.1. The standard InChI is InChI=1S/C14H17FN4O/c1-10(9-19-6-2-5-18-19)17-8-12-7-11(14(16)20)3-4-13(12)15/h2-7,10,17H,8-9H2,1H3,(H2,16,20). The molecule has 1 heterocycles. The molecule has 1 atom stereocenters. The van der Waals surface area contributed by atoms with Crippen LogP contribution in [-0.2, 0) is 13.1 Å². The molecule has 2 aromatic rings. The molecule has 2 rings (SSSR count). The van der Waals surface area contributed by atoms with Crippen LogP contribution in [-0.4, -0.2) is 21.7 Å². The fourth-order valence-electron chi connectivity index (χ4n) is 1.90. The quantitative estimate of drug-likeness (QED) is 0.835. The van der Waals surface area contributed by atoms with Crippen molar-refractivity contribution < 1.29 is 9.18 Å². The number of primary amides is 1. The minimum Gasteiger partial charge on any atom is -0.366 e. The molecule has 0 aliphatic carbocycles. The van der Waals surface area contributed by atoms with Crippen molar-refractivity contribution in [2.75, 3.05) is 0 Å². The molecule has 0 spiro atoms. The molecule has 1 aromatic carbocycles. The van der Waals surface area contributed by atoms with Crippen LogP contribution in [0.2, 0.25) is 0 Å². The van der Waals surface area contributed by atoms with E-state index in [4.69, 9.17) is 5.73 Å². The number of aromatic nitrogens is 2. The van der Waals surface area contributed by atoms with Gasteiger partial charge in [-0.15, -0.1) is 0 Å². The number of carbonyl (C=O) groups excluding carboxylic acids is 1. The molecule has 0 aliphatic rings. The van der Waals surface area contributed by atoms with Crippen LogP contribution in [0.3, 0.4) is 0 Å². The Morgan fingerprint density at radius 1 is 1.55 bits per heavy atom. The van der Waals surface area contributed by atoms with E-state index < -0.39 is 5.91 Å². The van der Waals surface area contributed by atoms with Crippen LogP contribution in [0.25, 0.3) is 0 Å². The third-order valence-electron chi connectivity index (χ3n) is 2.99. The molecule has 6 heteroatoms. The second-order valence-corrected chi connectivity index (χ2v) is 4.68. The van der Waals surface area contributed by atoms with Crippen molar-refractivity contribution in [3.05, 3.63) is 53.6 Å². The number of nitrogens with one attached hydrogen (secondary N) is 1. The van der Waals surface area contributed by atoms with E-state index >= 15 is 0 Å². The molecule has 1 unspecified atom stereocenters. The highest BCUT2D eigenvalue weighted by Gasteiger charge is 2.09. The van der Waals surface area contributed by atoms with Gasteiger partial charge in [0.2, 0.25) is 5.91 Å². The topological polar surface area (TPSA) is 72.9 Å². The number of hydrogen-bond acceptors (Lipinski definition) is 3. The van der Waals surface area contributed by atoms with Crippen LogP contribution in [0.1, 0.15) is 22.8 Å². The monoisotopic (exact) mass is 276 g/mol. The molecular formula is C14H17FN4O. The minimum atomic E-state index is -0.559. The molecule has 5 nitrogen and oxygen atoms in total. The number of benzene rings is 1. The number of rotatable bonds is 6. The minimum absolute atomic E-state index is 0.117. The molecule has 106 valence electrons. The predicted octanol–water partition coefficient (Wildman–Crippen LogP) is 1.30. The van der Waals surface area contributed by atoms with Crippen LogP contribution in [0, 0.1) is 5.82 Å².